The van der Waals surface area contributed by atoms with E-state index in [1.807, 2.05) is 73.3 Å². The molecule has 7 heteroatoms. The highest BCUT2D eigenvalue weighted by molar-refractivity contribution is 7.99. The van der Waals surface area contributed by atoms with Gasteiger partial charge in [-0.1, -0.05) is 65.3 Å². The topological polar surface area (TPSA) is 71.3 Å². The lowest BCUT2D eigenvalue weighted by atomic mass is 10.0. The highest BCUT2D eigenvalue weighted by atomic mass is 32.2. The Labute approximate surface area is 181 Å². The van der Waals surface area contributed by atoms with Crippen LogP contribution in [0.3, 0.4) is 0 Å². The Morgan fingerprint density at radius 1 is 1.07 bits per heavy atom. The summed E-state index contributed by atoms with van der Waals surface area (Å²) in [5, 5.41) is 11.6. The Kier molecular flexibility index (Phi) is 6.69. The fourth-order valence-corrected chi connectivity index (χ4v) is 4.34. The van der Waals surface area contributed by atoms with E-state index in [1.165, 1.54) is 5.56 Å². The zero-order valence-corrected chi connectivity index (χ0v) is 17.9. The molecule has 1 fully saturated rings. The van der Waals surface area contributed by atoms with Crippen molar-refractivity contribution in [2.75, 3.05) is 29.5 Å². The number of carbonyl (C=O) groups excluding carboxylic acids is 1. The quantitative estimate of drug-likeness (QED) is 0.628. The molecule has 1 amide bonds. The van der Waals surface area contributed by atoms with Gasteiger partial charge in [0.15, 0.2) is 0 Å². The van der Waals surface area contributed by atoms with Gasteiger partial charge in [0.1, 0.15) is 6.04 Å². The third kappa shape index (κ3) is 5.42. The molecule has 1 aliphatic rings. The molecular formula is C23H26N4O2S. The van der Waals surface area contributed by atoms with Gasteiger partial charge in [-0.3, -0.25) is 4.79 Å². The Morgan fingerprint density at radius 3 is 2.53 bits per heavy atom. The maximum absolute atomic E-state index is 12.8. The number of benzene rings is 2. The number of hydrogen-bond acceptors (Lipinski definition) is 6. The van der Waals surface area contributed by atoms with Crippen molar-refractivity contribution in [3.05, 3.63) is 77.2 Å². The van der Waals surface area contributed by atoms with Crippen molar-refractivity contribution in [1.82, 2.24) is 15.5 Å². The van der Waals surface area contributed by atoms with Gasteiger partial charge >= 0.3 is 6.01 Å². The van der Waals surface area contributed by atoms with Crippen LogP contribution in [0.4, 0.5) is 6.01 Å². The molecular weight excluding hydrogens is 396 g/mol. The number of anilines is 1. The normalized spacial score (nSPS) is 15.0. The van der Waals surface area contributed by atoms with Crippen LogP contribution in [-0.2, 0) is 17.6 Å². The largest absolute Gasteiger partial charge is 0.406 e. The average molecular weight is 423 g/mol. The lowest BCUT2D eigenvalue weighted by Gasteiger charge is -2.24. The Hall–Kier alpha value is -2.80. The SMILES string of the molecule is Cc1ccc(CC(=O)N[C@@H](Cc2ccccc2)c2nnc(N3CCSCC3)o2)cc1. The number of aryl methyl sites for hydroxylation is 1. The Morgan fingerprint density at radius 2 is 1.80 bits per heavy atom. The van der Waals surface area contributed by atoms with Crippen LogP contribution in [-0.4, -0.2) is 40.7 Å². The molecule has 0 aliphatic carbocycles. The summed E-state index contributed by atoms with van der Waals surface area (Å²) in [7, 11) is 0. The third-order valence-corrected chi connectivity index (χ3v) is 6.06. The van der Waals surface area contributed by atoms with Crippen molar-refractivity contribution in [2.45, 2.75) is 25.8 Å². The van der Waals surface area contributed by atoms with Gasteiger partial charge in [-0.15, -0.1) is 5.10 Å². The van der Waals surface area contributed by atoms with Crippen molar-refractivity contribution in [2.24, 2.45) is 0 Å². The van der Waals surface area contributed by atoms with E-state index < -0.39 is 0 Å². The van der Waals surface area contributed by atoms with Gasteiger partial charge in [-0.05, 0) is 18.1 Å². The molecule has 2 heterocycles. The molecule has 0 saturated carbocycles. The van der Waals surface area contributed by atoms with Crippen molar-refractivity contribution in [3.63, 3.8) is 0 Å². The van der Waals surface area contributed by atoms with E-state index in [0.29, 0.717) is 24.7 Å². The predicted molar refractivity (Wildman–Crippen MR) is 120 cm³/mol. The minimum Gasteiger partial charge on any atom is -0.406 e. The number of thioether (sulfide) groups is 1. The maximum Gasteiger partial charge on any atom is 0.318 e. The van der Waals surface area contributed by atoms with Crippen LogP contribution in [0.1, 0.15) is 28.6 Å². The van der Waals surface area contributed by atoms with E-state index >= 15 is 0 Å². The van der Waals surface area contributed by atoms with E-state index in [-0.39, 0.29) is 11.9 Å². The van der Waals surface area contributed by atoms with Crippen LogP contribution in [0.5, 0.6) is 0 Å². The van der Waals surface area contributed by atoms with Gasteiger partial charge in [0.2, 0.25) is 11.8 Å². The molecule has 1 saturated heterocycles. The van der Waals surface area contributed by atoms with Crippen LogP contribution >= 0.6 is 11.8 Å². The van der Waals surface area contributed by atoms with Gasteiger partial charge in [-0.25, -0.2) is 0 Å². The molecule has 0 spiro atoms. The molecule has 0 bridgehead atoms. The minimum atomic E-state index is -0.370. The second kappa shape index (κ2) is 9.80. The monoisotopic (exact) mass is 422 g/mol. The molecule has 2 aromatic carbocycles. The third-order valence-electron chi connectivity index (χ3n) is 5.11. The summed E-state index contributed by atoms with van der Waals surface area (Å²) in [5.74, 6) is 2.50. The Balaban J connectivity index is 1.49. The number of carbonyl (C=O) groups is 1. The number of hydrogen-bond donors (Lipinski definition) is 1. The maximum atomic E-state index is 12.8. The first kappa shape index (κ1) is 20.5. The van der Waals surface area contributed by atoms with E-state index in [4.69, 9.17) is 4.42 Å². The van der Waals surface area contributed by atoms with Crippen molar-refractivity contribution in [3.8, 4) is 0 Å². The van der Waals surface area contributed by atoms with Gasteiger partial charge < -0.3 is 14.6 Å². The molecule has 1 aromatic heterocycles. The van der Waals surface area contributed by atoms with Gasteiger partial charge in [0.25, 0.3) is 0 Å². The van der Waals surface area contributed by atoms with E-state index in [0.717, 1.165) is 35.7 Å². The molecule has 3 aromatic rings. The first-order valence-corrected chi connectivity index (χ1v) is 11.4. The molecule has 1 atom stereocenters. The highest BCUT2D eigenvalue weighted by Gasteiger charge is 2.24. The highest BCUT2D eigenvalue weighted by Crippen LogP contribution is 2.23. The summed E-state index contributed by atoms with van der Waals surface area (Å²) in [5.41, 5.74) is 3.26. The van der Waals surface area contributed by atoms with Crippen molar-refractivity contribution < 1.29 is 9.21 Å². The second-order valence-electron chi connectivity index (χ2n) is 7.49. The molecule has 1 aliphatic heterocycles. The van der Waals surface area contributed by atoms with Gasteiger partial charge in [0.05, 0.1) is 6.42 Å². The van der Waals surface area contributed by atoms with Crippen LogP contribution < -0.4 is 10.2 Å². The molecule has 4 rings (SSSR count). The fraction of sp³-hybridized carbons (Fsp3) is 0.348. The molecule has 1 N–H and O–H groups in total. The summed E-state index contributed by atoms with van der Waals surface area (Å²) in [6.45, 7) is 3.83. The number of nitrogens with zero attached hydrogens (tertiary/aromatic N) is 3. The summed E-state index contributed by atoms with van der Waals surface area (Å²) < 4.78 is 6.00. The van der Waals surface area contributed by atoms with Gasteiger partial charge in [-0.2, -0.15) is 11.8 Å². The van der Waals surface area contributed by atoms with Crippen molar-refractivity contribution in [1.29, 1.82) is 0 Å². The number of rotatable bonds is 7. The van der Waals surface area contributed by atoms with E-state index in [1.54, 1.807) is 0 Å². The van der Waals surface area contributed by atoms with Crippen LogP contribution in [0.15, 0.2) is 59.0 Å². The van der Waals surface area contributed by atoms with Crippen LogP contribution in [0, 0.1) is 6.92 Å². The number of nitrogens with one attached hydrogen (secondary N) is 1. The number of amides is 1. The zero-order chi connectivity index (χ0) is 20.8. The molecule has 30 heavy (non-hydrogen) atoms. The number of aromatic nitrogens is 2. The van der Waals surface area contributed by atoms with Crippen molar-refractivity contribution >= 4 is 23.7 Å². The average Bonchev–Trinajstić information content (AvgIpc) is 3.27. The van der Waals surface area contributed by atoms with Gasteiger partial charge in [0, 0.05) is 31.0 Å². The van der Waals surface area contributed by atoms with E-state index in [9.17, 15) is 4.79 Å². The van der Waals surface area contributed by atoms with E-state index in [2.05, 4.69) is 20.4 Å². The molecule has 6 nitrogen and oxygen atoms in total. The van der Waals surface area contributed by atoms with Crippen LogP contribution in [0.25, 0.3) is 0 Å². The summed E-state index contributed by atoms with van der Waals surface area (Å²) >= 11 is 1.93. The fourth-order valence-electron chi connectivity index (χ4n) is 3.44. The first-order valence-electron chi connectivity index (χ1n) is 10.2. The summed E-state index contributed by atoms with van der Waals surface area (Å²) in [4.78, 5) is 14.9. The predicted octanol–water partition coefficient (Wildman–Crippen LogP) is 3.57. The summed E-state index contributed by atoms with van der Waals surface area (Å²) in [6.07, 6.45) is 0.911. The molecule has 0 radical (unpaired) electrons. The molecule has 0 unspecified atom stereocenters. The Bertz CT molecular complexity index is 953. The lowest BCUT2D eigenvalue weighted by molar-refractivity contribution is -0.121. The zero-order valence-electron chi connectivity index (χ0n) is 17.1. The second-order valence-corrected chi connectivity index (χ2v) is 8.72. The van der Waals surface area contributed by atoms with Crippen LogP contribution in [0.2, 0.25) is 0 Å². The smallest absolute Gasteiger partial charge is 0.318 e. The first-order chi connectivity index (χ1) is 14.7. The summed E-state index contributed by atoms with van der Waals surface area (Å²) in [6, 6.07) is 18.2. The molecule has 156 valence electrons. The lowest BCUT2D eigenvalue weighted by Crippen LogP contribution is -2.32. The standard InChI is InChI=1S/C23H26N4O2S/c1-17-7-9-19(10-8-17)16-21(28)24-20(15-18-5-3-2-4-6-18)22-25-26-23(29-22)27-11-13-30-14-12-27/h2-10,20H,11-16H2,1H3,(H,24,28)/t20-/m0/s1. The minimum absolute atomic E-state index is 0.0612.